The first kappa shape index (κ1) is 29.4. The maximum atomic E-state index is 14.7. The smallest absolute Gasteiger partial charge is 0.311 e. The number of amides is 2. The molecule has 3 aliphatic rings. The molecule has 2 aromatic rings. The normalized spacial score (nSPS) is 28.1. The third-order valence-electron chi connectivity index (χ3n) is 8.99. The van der Waals surface area contributed by atoms with E-state index in [0.717, 1.165) is 42.1 Å². The highest BCUT2D eigenvalue weighted by molar-refractivity contribution is 8.02. The molecule has 3 saturated heterocycles. The van der Waals surface area contributed by atoms with Crippen molar-refractivity contribution in [1.82, 2.24) is 4.90 Å². The summed E-state index contributed by atoms with van der Waals surface area (Å²) in [5, 5.41) is 11.7. The third-order valence-corrected chi connectivity index (χ3v) is 11.0. The van der Waals surface area contributed by atoms with E-state index in [2.05, 4.69) is 13.2 Å². The summed E-state index contributed by atoms with van der Waals surface area (Å²) < 4.78 is 4.53. The number of benzene rings is 2. The van der Waals surface area contributed by atoms with Crippen LogP contribution in [-0.2, 0) is 19.1 Å². The molecule has 3 fully saturated rings. The van der Waals surface area contributed by atoms with Gasteiger partial charge in [0, 0.05) is 30.1 Å². The van der Waals surface area contributed by atoms with Crippen molar-refractivity contribution in [2.45, 2.75) is 61.0 Å². The van der Waals surface area contributed by atoms with Crippen molar-refractivity contribution in [2.24, 2.45) is 11.8 Å². The molecular weight excluding hydrogens is 536 g/mol. The number of aliphatic hydroxyl groups is 1. The van der Waals surface area contributed by atoms with Gasteiger partial charge in [-0.25, -0.2) is 0 Å². The Bertz CT molecular complexity index is 1350. The highest BCUT2D eigenvalue weighted by atomic mass is 32.2. The quantitative estimate of drug-likeness (QED) is 0.202. The summed E-state index contributed by atoms with van der Waals surface area (Å²) in [7, 11) is 0. The fourth-order valence-corrected chi connectivity index (χ4v) is 9.48. The number of rotatable bonds is 13. The highest BCUT2D eigenvalue weighted by Gasteiger charge is 2.77. The van der Waals surface area contributed by atoms with Crippen molar-refractivity contribution in [3.8, 4) is 0 Å². The van der Waals surface area contributed by atoms with Crippen LogP contribution in [0.25, 0.3) is 10.8 Å². The predicted octanol–water partition coefficient (Wildman–Crippen LogP) is 5.12. The van der Waals surface area contributed by atoms with Crippen LogP contribution >= 0.6 is 11.8 Å². The Kier molecular flexibility index (Phi) is 8.62. The fraction of sp³-hybridized carbons (Fsp3) is 0.485. The molecule has 7 nitrogen and oxygen atoms in total. The Hall–Kier alpha value is -3.10. The van der Waals surface area contributed by atoms with Crippen molar-refractivity contribution in [1.29, 1.82) is 0 Å². The molecule has 2 bridgehead atoms. The lowest BCUT2D eigenvalue weighted by atomic mass is 9.66. The van der Waals surface area contributed by atoms with Crippen LogP contribution in [0.2, 0.25) is 0 Å². The topological polar surface area (TPSA) is 87.1 Å². The maximum absolute atomic E-state index is 14.7. The van der Waals surface area contributed by atoms with Gasteiger partial charge in [0.25, 0.3) is 5.91 Å². The SMILES string of the molecule is C=CCCCCOC(=O)[C@@H]1[C@H]2C(=O)N(CCCO)C(C(=O)N(CC=C)c3ccc4ccccc4c3)C23CC[C@@]1(C)S3. The minimum Gasteiger partial charge on any atom is -0.465 e. The molecule has 3 heterocycles. The third kappa shape index (κ3) is 5.10. The van der Waals surface area contributed by atoms with Gasteiger partial charge in [0.15, 0.2) is 0 Å². The van der Waals surface area contributed by atoms with Crippen LogP contribution < -0.4 is 4.90 Å². The summed E-state index contributed by atoms with van der Waals surface area (Å²) in [4.78, 5) is 45.7. The standard InChI is InChI=1S/C33H40N2O5S/c1-4-6-7-10-21-40-31(39)27-26-29(37)35(19-11-20-36)28(33(26)17-16-32(27,3)41-33)30(38)34(18-5-2)25-15-14-23-12-8-9-13-24(23)22-25/h4-5,8-9,12-15,22,26-28,36H,1-2,6-7,10-11,16-21H2,3H3/t26-,27-,28?,32+,33?/m0/s1. The molecule has 218 valence electrons. The van der Waals surface area contributed by atoms with Gasteiger partial charge in [-0.1, -0.05) is 42.5 Å². The first-order chi connectivity index (χ1) is 19.8. The van der Waals surface area contributed by atoms with Crippen LogP contribution in [-0.4, -0.2) is 69.6 Å². The van der Waals surface area contributed by atoms with Crippen molar-refractivity contribution >= 4 is 46.0 Å². The lowest BCUT2D eigenvalue weighted by Gasteiger charge is -2.37. The summed E-state index contributed by atoms with van der Waals surface area (Å²) in [6.07, 6.45) is 7.79. The van der Waals surface area contributed by atoms with Crippen LogP contribution in [0.3, 0.4) is 0 Å². The second-order valence-electron chi connectivity index (χ2n) is 11.6. The lowest BCUT2D eigenvalue weighted by Crippen LogP contribution is -2.55. The van der Waals surface area contributed by atoms with Gasteiger partial charge in [0.2, 0.25) is 5.91 Å². The number of likely N-dealkylation sites (tertiary alicyclic amines) is 1. The van der Waals surface area contributed by atoms with Gasteiger partial charge in [-0.15, -0.1) is 24.9 Å². The fourth-order valence-electron chi connectivity index (χ4n) is 7.14. The van der Waals surface area contributed by atoms with E-state index in [1.165, 1.54) is 0 Å². The van der Waals surface area contributed by atoms with Crippen LogP contribution in [0.5, 0.6) is 0 Å². The summed E-state index contributed by atoms with van der Waals surface area (Å²) in [6.45, 7) is 10.4. The number of anilines is 1. The van der Waals surface area contributed by atoms with Gasteiger partial charge in [0.1, 0.15) is 6.04 Å². The molecule has 8 heteroatoms. The minimum absolute atomic E-state index is 0.0928. The molecule has 0 radical (unpaired) electrons. The molecule has 3 aliphatic heterocycles. The number of aliphatic hydroxyl groups excluding tert-OH is 1. The molecule has 0 aliphatic carbocycles. The van der Waals surface area contributed by atoms with E-state index in [1.807, 2.05) is 55.5 Å². The molecule has 1 N–H and O–H groups in total. The molecule has 0 saturated carbocycles. The second kappa shape index (κ2) is 12.0. The van der Waals surface area contributed by atoms with Crippen molar-refractivity contribution in [3.63, 3.8) is 0 Å². The Labute approximate surface area is 246 Å². The summed E-state index contributed by atoms with van der Waals surface area (Å²) in [5.41, 5.74) is 0.738. The van der Waals surface area contributed by atoms with Crippen LogP contribution in [0.4, 0.5) is 5.69 Å². The number of fused-ring (bicyclic) bond motifs is 2. The van der Waals surface area contributed by atoms with E-state index in [4.69, 9.17) is 4.74 Å². The van der Waals surface area contributed by atoms with Crippen molar-refractivity contribution in [2.75, 3.05) is 31.2 Å². The zero-order valence-electron chi connectivity index (χ0n) is 23.8. The molecule has 2 unspecified atom stereocenters. The zero-order valence-corrected chi connectivity index (χ0v) is 24.6. The number of hydrogen-bond acceptors (Lipinski definition) is 6. The minimum atomic E-state index is -0.754. The Morgan fingerprint density at radius 3 is 2.63 bits per heavy atom. The van der Waals surface area contributed by atoms with E-state index in [0.29, 0.717) is 19.4 Å². The van der Waals surface area contributed by atoms with Crippen molar-refractivity contribution in [3.05, 3.63) is 67.8 Å². The number of carbonyl (C=O) groups is 3. The summed E-state index contributed by atoms with van der Waals surface area (Å²) in [5.74, 6) is -1.95. The van der Waals surface area contributed by atoms with Gasteiger partial charge < -0.3 is 19.6 Å². The number of nitrogens with zero attached hydrogens (tertiary/aromatic N) is 2. The number of esters is 1. The Morgan fingerprint density at radius 1 is 1.12 bits per heavy atom. The monoisotopic (exact) mass is 576 g/mol. The van der Waals surface area contributed by atoms with Crippen molar-refractivity contribution < 1.29 is 24.2 Å². The second-order valence-corrected chi connectivity index (χ2v) is 13.5. The molecule has 5 rings (SSSR count). The van der Waals surface area contributed by atoms with Gasteiger partial charge in [-0.2, -0.15) is 0 Å². The van der Waals surface area contributed by atoms with E-state index >= 15 is 0 Å². The zero-order chi connectivity index (χ0) is 29.2. The summed E-state index contributed by atoms with van der Waals surface area (Å²) in [6, 6.07) is 13.2. The number of thioether (sulfide) groups is 1. The average molecular weight is 577 g/mol. The van der Waals surface area contributed by atoms with Gasteiger partial charge in [-0.3, -0.25) is 14.4 Å². The molecule has 41 heavy (non-hydrogen) atoms. The first-order valence-electron chi connectivity index (χ1n) is 14.6. The number of ether oxygens (including phenoxy) is 1. The number of unbranched alkanes of at least 4 members (excludes halogenated alkanes) is 2. The van der Waals surface area contributed by atoms with Crippen LogP contribution in [0.15, 0.2) is 67.8 Å². The van der Waals surface area contributed by atoms with E-state index in [9.17, 15) is 19.5 Å². The largest absolute Gasteiger partial charge is 0.465 e. The Morgan fingerprint density at radius 2 is 1.90 bits per heavy atom. The molecule has 0 aromatic heterocycles. The predicted molar refractivity (Wildman–Crippen MR) is 164 cm³/mol. The molecule has 2 amide bonds. The number of carbonyl (C=O) groups excluding carboxylic acids is 3. The number of allylic oxidation sites excluding steroid dienone is 1. The number of hydrogen-bond donors (Lipinski definition) is 1. The van der Waals surface area contributed by atoms with E-state index < -0.39 is 27.4 Å². The first-order valence-corrected chi connectivity index (χ1v) is 15.4. The highest BCUT2D eigenvalue weighted by Crippen LogP contribution is 2.71. The van der Waals surface area contributed by atoms with Gasteiger partial charge in [-0.05, 0) is 68.4 Å². The molecular formula is C33H40N2O5S. The lowest BCUT2D eigenvalue weighted by molar-refractivity contribution is -0.155. The Balaban J connectivity index is 1.49. The summed E-state index contributed by atoms with van der Waals surface area (Å²) >= 11 is 1.63. The van der Waals surface area contributed by atoms with E-state index in [1.54, 1.807) is 27.6 Å². The maximum Gasteiger partial charge on any atom is 0.311 e. The average Bonchev–Trinajstić information content (AvgIpc) is 3.54. The van der Waals surface area contributed by atoms with Gasteiger partial charge >= 0.3 is 5.97 Å². The molecule has 2 aromatic carbocycles. The van der Waals surface area contributed by atoms with Gasteiger partial charge in [0.05, 0.1) is 23.2 Å². The molecule has 5 atom stereocenters. The van der Waals surface area contributed by atoms with Crippen LogP contribution in [0.1, 0.15) is 45.4 Å². The molecule has 1 spiro atoms. The van der Waals surface area contributed by atoms with Crippen LogP contribution in [0, 0.1) is 11.8 Å². The van der Waals surface area contributed by atoms with E-state index in [-0.39, 0.29) is 37.5 Å².